The molecule has 1 saturated heterocycles. The van der Waals surface area contributed by atoms with Crippen LogP contribution >= 0.6 is 11.8 Å². The Hall–Kier alpha value is 0.270. The largest absolute Gasteiger partial charge is 0.324 e. The van der Waals surface area contributed by atoms with Crippen molar-refractivity contribution in [1.82, 2.24) is 4.90 Å². The highest BCUT2D eigenvalue weighted by Gasteiger charge is 2.35. The lowest BCUT2D eigenvalue weighted by atomic mass is 9.77. The molecular formula is C11H22N2S. The molecule has 0 aromatic carbocycles. The van der Waals surface area contributed by atoms with E-state index in [1.165, 1.54) is 32.4 Å². The molecule has 2 atom stereocenters. The van der Waals surface area contributed by atoms with Crippen molar-refractivity contribution < 1.29 is 0 Å². The van der Waals surface area contributed by atoms with E-state index >= 15 is 0 Å². The average Bonchev–Trinajstić information content (AvgIpc) is 1.99. The van der Waals surface area contributed by atoms with E-state index in [0.717, 1.165) is 17.0 Å². The highest BCUT2D eigenvalue weighted by atomic mass is 32.2. The summed E-state index contributed by atoms with van der Waals surface area (Å²) in [6.45, 7) is 8.25. The summed E-state index contributed by atoms with van der Waals surface area (Å²) in [5.41, 5.74) is 6.44. The van der Waals surface area contributed by atoms with E-state index in [9.17, 15) is 0 Å². The fraction of sp³-hybridized carbons (Fsp3) is 1.00. The number of nitrogens with zero attached hydrogens (tertiary/aromatic N) is 1. The molecule has 0 radical (unpaired) electrons. The van der Waals surface area contributed by atoms with Gasteiger partial charge in [-0.3, -0.25) is 4.90 Å². The molecule has 14 heavy (non-hydrogen) atoms. The van der Waals surface area contributed by atoms with Crippen molar-refractivity contribution in [1.29, 1.82) is 0 Å². The lowest BCUT2D eigenvalue weighted by Crippen LogP contribution is -2.57. The number of thioether (sulfide) groups is 1. The van der Waals surface area contributed by atoms with Gasteiger partial charge in [0, 0.05) is 35.7 Å². The quantitative estimate of drug-likeness (QED) is 0.758. The zero-order chi connectivity index (χ0) is 10.2. The van der Waals surface area contributed by atoms with Crippen molar-refractivity contribution in [2.24, 2.45) is 5.73 Å². The van der Waals surface area contributed by atoms with Crippen LogP contribution in [0.25, 0.3) is 0 Å². The van der Waals surface area contributed by atoms with E-state index in [0.29, 0.717) is 0 Å². The molecule has 2 fully saturated rings. The molecule has 0 aromatic heterocycles. The first-order valence-electron chi connectivity index (χ1n) is 5.74. The number of hydrogen-bond donors (Lipinski definition) is 1. The van der Waals surface area contributed by atoms with Crippen molar-refractivity contribution in [3.63, 3.8) is 0 Å². The third-order valence-corrected chi connectivity index (χ3v) is 4.61. The first kappa shape index (κ1) is 10.8. The van der Waals surface area contributed by atoms with Crippen molar-refractivity contribution in [2.45, 2.75) is 49.1 Å². The molecule has 0 bridgehead atoms. The van der Waals surface area contributed by atoms with Gasteiger partial charge in [0.05, 0.1) is 0 Å². The number of hydrogen-bond acceptors (Lipinski definition) is 3. The summed E-state index contributed by atoms with van der Waals surface area (Å²) in [5, 5.41) is 1.56. The minimum absolute atomic E-state index is 0.168. The summed E-state index contributed by atoms with van der Waals surface area (Å²) in [6.07, 6.45) is 3.81. The van der Waals surface area contributed by atoms with Gasteiger partial charge in [-0.1, -0.05) is 13.8 Å². The third kappa shape index (κ3) is 2.44. The molecule has 2 rings (SSSR count). The summed E-state index contributed by atoms with van der Waals surface area (Å²) >= 11 is 2.11. The molecule has 2 aliphatic rings. The van der Waals surface area contributed by atoms with E-state index in [1.807, 2.05) is 0 Å². The van der Waals surface area contributed by atoms with E-state index in [-0.39, 0.29) is 5.54 Å². The third-order valence-electron chi connectivity index (χ3n) is 3.38. The van der Waals surface area contributed by atoms with E-state index in [2.05, 4.69) is 30.5 Å². The Kier molecular flexibility index (Phi) is 3.10. The fourth-order valence-electron chi connectivity index (χ4n) is 2.65. The SMILES string of the molecule is CC1CN(CC2(N)CCC2)CC(C)S1. The van der Waals surface area contributed by atoms with Gasteiger partial charge < -0.3 is 5.73 Å². The minimum Gasteiger partial charge on any atom is -0.324 e. The topological polar surface area (TPSA) is 29.3 Å². The van der Waals surface area contributed by atoms with Gasteiger partial charge in [0.1, 0.15) is 0 Å². The summed E-state index contributed by atoms with van der Waals surface area (Å²) in [5.74, 6) is 0. The summed E-state index contributed by atoms with van der Waals surface area (Å²) in [6, 6.07) is 0. The van der Waals surface area contributed by atoms with E-state index < -0.39 is 0 Å². The maximum absolute atomic E-state index is 6.28. The molecule has 2 N–H and O–H groups in total. The predicted molar refractivity (Wildman–Crippen MR) is 63.7 cm³/mol. The molecular weight excluding hydrogens is 192 g/mol. The van der Waals surface area contributed by atoms with Crippen molar-refractivity contribution in [3.05, 3.63) is 0 Å². The molecule has 1 aliphatic heterocycles. The minimum atomic E-state index is 0.168. The van der Waals surface area contributed by atoms with E-state index in [1.54, 1.807) is 0 Å². The second kappa shape index (κ2) is 4.03. The maximum Gasteiger partial charge on any atom is 0.0283 e. The predicted octanol–water partition coefficient (Wildman–Crippen LogP) is 1.69. The van der Waals surface area contributed by atoms with Gasteiger partial charge in [-0.25, -0.2) is 0 Å². The zero-order valence-electron chi connectivity index (χ0n) is 9.33. The highest BCUT2D eigenvalue weighted by Crippen LogP contribution is 2.32. The van der Waals surface area contributed by atoms with Crippen LogP contribution in [0, 0.1) is 0 Å². The van der Waals surface area contributed by atoms with Crippen LogP contribution in [0.4, 0.5) is 0 Å². The summed E-state index contributed by atoms with van der Waals surface area (Å²) in [4.78, 5) is 2.57. The van der Waals surface area contributed by atoms with Crippen LogP contribution in [0.2, 0.25) is 0 Å². The maximum atomic E-state index is 6.28. The second-order valence-electron chi connectivity index (χ2n) is 5.17. The molecule has 3 heteroatoms. The molecule has 0 amide bonds. The lowest BCUT2D eigenvalue weighted by molar-refractivity contribution is 0.143. The Morgan fingerprint density at radius 1 is 1.29 bits per heavy atom. The molecule has 2 nitrogen and oxygen atoms in total. The zero-order valence-corrected chi connectivity index (χ0v) is 10.1. The van der Waals surface area contributed by atoms with Crippen LogP contribution < -0.4 is 5.73 Å². The standard InChI is InChI=1S/C11H22N2S/c1-9-6-13(7-10(2)14-9)8-11(12)4-3-5-11/h9-10H,3-8,12H2,1-2H3. The van der Waals surface area contributed by atoms with Gasteiger partial charge in [0.2, 0.25) is 0 Å². The highest BCUT2D eigenvalue weighted by molar-refractivity contribution is 8.00. The second-order valence-corrected chi connectivity index (χ2v) is 7.05. The molecule has 1 saturated carbocycles. The van der Waals surface area contributed by atoms with Gasteiger partial charge >= 0.3 is 0 Å². The molecule has 2 unspecified atom stereocenters. The van der Waals surface area contributed by atoms with Crippen molar-refractivity contribution in [2.75, 3.05) is 19.6 Å². The van der Waals surface area contributed by atoms with Crippen LogP contribution in [-0.4, -0.2) is 40.6 Å². The van der Waals surface area contributed by atoms with Gasteiger partial charge in [-0.2, -0.15) is 11.8 Å². The average molecular weight is 214 g/mol. The van der Waals surface area contributed by atoms with Gasteiger partial charge in [0.15, 0.2) is 0 Å². The van der Waals surface area contributed by atoms with Crippen LogP contribution in [0.15, 0.2) is 0 Å². The monoisotopic (exact) mass is 214 g/mol. The van der Waals surface area contributed by atoms with Gasteiger partial charge in [-0.15, -0.1) is 0 Å². The van der Waals surface area contributed by atoms with Crippen LogP contribution in [-0.2, 0) is 0 Å². The van der Waals surface area contributed by atoms with Crippen LogP contribution in [0.3, 0.4) is 0 Å². The Bertz CT molecular complexity index is 193. The Balaban J connectivity index is 1.84. The molecule has 1 aliphatic carbocycles. The van der Waals surface area contributed by atoms with Crippen molar-refractivity contribution >= 4 is 11.8 Å². The molecule has 82 valence electrons. The number of nitrogens with two attached hydrogens (primary N) is 1. The van der Waals surface area contributed by atoms with Crippen LogP contribution in [0.1, 0.15) is 33.1 Å². The number of rotatable bonds is 2. The molecule has 0 spiro atoms. The Morgan fingerprint density at radius 2 is 1.86 bits per heavy atom. The van der Waals surface area contributed by atoms with Gasteiger partial charge in [0.25, 0.3) is 0 Å². The first-order chi connectivity index (χ1) is 6.57. The molecule has 0 aromatic rings. The van der Waals surface area contributed by atoms with Crippen molar-refractivity contribution in [3.8, 4) is 0 Å². The Morgan fingerprint density at radius 3 is 2.29 bits per heavy atom. The van der Waals surface area contributed by atoms with Crippen LogP contribution in [0.5, 0.6) is 0 Å². The molecule has 1 heterocycles. The van der Waals surface area contributed by atoms with E-state index in [4.69, 9.17) is 5.73 Å². The smallest absolute Gasteiger partial charge is 0.0283 e. The fourth-order valence-corrected chi connectivity index (χ4v) is 4.03. The first-order valence-corrected chi connectivity index (χ1v) is 6.68. The van der Waals surface area contributed by atoms with Gasteiger partial charge in [-0.05, 0) is 19.3 Å². The summed E-state index contributed by atoms with van der Waals surface area (Å²) in [7, 11) is 0. The summed E-state index contributed by atoms with van der Waals surface area (Å²) < 4.78 is 0. The normalized spacial score (nSPS) is 37.9. The lowest BCUT2D eigenvalue weighted by Gasteiger charge is -2.45. The Labute approximate surface area is 91.6 Å².